The summed E-state index contributed by atoms with van der Waals surface area (Å²) < 4.78 is 16.1. The van der Waals surface area contributed by atoms with Gasteiger partial charge < -0.3 is 19.2 Å². The molecule has 2 aromatic rings. The highest BCUT2D eigenvalue weighted by atomic mass is 16.5. The number of aromatic amines is 1. The van der Waals surface area contributed by atoms with E-state index in [0.717, 1.165) is 44.2 Å². The van der Waals surface area contributed by atoms with Crippen molar-refractivity contribution in [3.8, 4) is 11.5 Å². The molecule has 1 aromatic carbocycles. The molecule has 1 aromatic heterocycles. The molecule has 0 spiro atoms. The predicted octanol–water partition coefficient (Wildman–Crippen LogP) is 2.70. The first-order valence-corrected chi connectivity index (χ1v) is 11.0. The van der Waals surface area contributed by atoms with Gasteiger partial charge in [0.15, 0.2) is 5.78 Å². The summed E-state index contributed by atoms with van der Waals surface area (Å²) in [5.41, 5.74) is 2.31. The summed E-state index contributed by atoms with van der Waals surface area (Å²) in [4.78, 5) is 32.6. The maximum absolute atomic E-state index is 12.9. The van der Waals surface area contributed by atoms with Crippen LogP contribution in [0.25, 0.3) is 0 Å². The minimum Gasteiger partial charge on any atom is -0.497 e. The standard InChI is InChI=1S/C24H33N3O5/c1-5-31-24(29)22-17(2)23(25-18(22)3)21(28)16-27-12-10-26(11-13-27)14-15-32-20-8-6-19(30-4)7-9-20/h6-9,25H,5,10-16H2,1-4H3. The van der Waals surface area contributed by atoms with Gasteiger partial charge in [-0.05, 0) is 50.6 Å². The SMILES string of the molecule is CCOC(=O)c1c(C)[nH]c(C(=O)CN2CCN(CCOc3ccc(OC)cc3)CC2)c1C. The Hall–Kier alpha value is -2.84. The molecule has 0 amide bonds. The van der Waals surface area contributed by atoms with Crippen LogP contribution in [0.1, 0.15) is 39.0 Å². The Morgan fingerprint density at radius 2 is 1.62 bits per heavy atom. The Bertz CT molecular complexity index is 914. The summed E-state index contributed by atoms with van der Waals surface area (Å²) in [5.74, 6) is 1.25. The van der Waals surface area contributed by atoms with E-state index in [1.807, 2.05) is 24.3 Å². The zero-order valence-corrected chi connectivity index (χ0v) is 19.4. The van der Waals surface area contributed by atoms with E-state index < -0.39 is 0 Å². The normalized spacial score (nSPS) is 14.9. The third kappa shape index (κ3) is 5.89. The second-order valence-electron chi connectivity index (χ2n) is 7.91. The van der Waals surface area contributed by atoms with Crippen molar-refractivity contribution < 1.29 is 23.8 Å². The summed E-state index contributed by atoms with van der Waals surface area (Å²) in [6.45, 7) is 10.9. The van der Waals surface area contributed by atoms with Gasteiger partial charge in [-0.25, -0.2) is 4.79 Å². The van der Waals surface area contributed by atoms with E-state index in [-0.39, 0.29) is 11.8 Å². The van der Waals surface area contributed by atoms with Crippen molar-refractivity contribution in [3.05, 3.63) is 46.8 Å². The molecule has 32 heavy (non-hydrogen) atoms. The molecule has 0 aliphatic carbocycles. The number of aryl methyl sites for hydroxylation is 1. The fraction of sp³-hybridized carbons (Fsp3) is 0.500. The minimum atomic E-state index is -0.386. The molecule has 1 aliphatic rings. The lowest BCUT2D eigenvalue weighted by Gasteiger charge is -2.34. The van der Waals surface area contributed by atoms with Crippen LogP contribution in [0, 0.1) is 13.8 Å². The molecule has 1 N–H and O–H groups in total. The van der Waals surface area contributed by atoms with Crippen LogP contribution in [0.5, 0.6) is 11.5 Å². The van der Waals surface area contributed by atoms with Gasteiger partial charge in [-0.1, -0.05) is 0 Å². The summed E-state index contributed by atoms with van der Waals surface area (Å²) >= 11 is 0. The summed E-state index contributed by atoms with van der Waals surface area (Å²) in [6.07, 6.45) is 0. The van der Waals surface area contributed by atoms with Crippen LogP contribution in [0.3, 0.4) is 0 Å². The number of Topliss-reactive ketones (excluding diaryl/α,β-unsaturated/α-hetero) is 1. The molecule has 0 unspecified atom stereocenters. The van der Waals surface area contributed by atoms with E-state index in [4.69, 9.17) is 14.2 Å². The number of benzene rings is 1. The fourth-order valence-electron chi connectivity index (χ4n) is 3.96. The molecule has 0 radical (unpaired) electrons. The number of H-pyrrole nitrogens is 1. The Kier molecular flexibility index (Phi) is 8.30. The molecule has 0 saturated carbocycles. The topological polar surface area (TPSA) is 84.1 Å². The summed E-state index contributed by atoms with van der Waals surface area (Å²) in [6, 6.07) is 7.57. The van der Waals surface area contributed by atoms with Crippen LogP contribution in [0.15, 0.2) is 24.3 Å². The van der Waals surface area contributed by atoms with E-state index in [1.165, 1.54) is 0 Å². The zero-order chi connectivity index (χ0) is 23.1. The van der Waals surface area contributed by atoms with Crippen molar-refractivity contribution in [2.45, 2.75) is 20.8 Å². The van der Waals surface area contributed by atoms with Gasteiger partial charge in [-0.15, -0.1) is 0 Å². The Morgan fingerprint density at radius 3 is 2.25 bits per heavy atom. The maximum atomic E-state index is 12.9. The second-order valence-corrected chi connectivity index (χ2v) is 7.91. The Labute approximate surface area is 189 Å². The van der Waals surface area contributed by atoms with Gasteiger partial charge in [0, 0.05) is 38.4 Å². The van der Waals surface area contributed by atoms with Crippen LogP contribution in [0.4, 0.5) is 0 Å². The predicted molar refractivity (Wildman–Crippen MR) is 122 cm³/mol. The van der Waals surface area contributed by atoms with Gasteiger partial charge in [0.05, 0.1) is 31.5 Å². The third-order valence-electron chi connectivity index (χ3n) is 5.76. The number of carbonyl (C=O) groups is 2. The third-order valence-corrected chi connectivity index (χ3v) is 5.76. The Morgan fingerprint density at radius 1 is 1.00 bits per heavy atom. The smallest absolute Gasteiger partial charge is 0.340 e. The number of piperazine rings is 1. The number of methoxy groups -OCH3 is 1. The van der Waals surface area contributed by atoms with E-state index in [0.29, 0.717) is 42.3 Å². The molecule has 174 valence electrons. The van der Waals surface area contributed by atoms with Crippen LogP contribution < -0.4 is 9.47 Å². The van der Waals surface area contributed by atoms with Gasteiger partial charge in [0.25, 0.3) is 0 Å². The number of rotatable bonds is 10. The fourth-order valence-corrected chi connectivity index (χ4v) is 3.96. The first-order chi connectivity index (χ1) is 15.4. The zero-order valence-electron chi connectivity index (χ0n) is 19.4. The number of carbonyl (C=O) groups excluding carboxylic acids is 2. The maximum Gasteiger partial charge on any atom is 0.340 e. The van der Waals surface area contributed by atoms with Crippen molar-refractivity contribution in [1.82, 2.24) is 14.8 Å². The number of nitrogens with one attached hydrogen (secondary N) is 1. The minimum absolute atomic E-state index is 0.00237. The highest BCUT2D eigenvalue weighted by Crippen LogP contribution is 2.20. The van der Waals surface area contributed by atoms with Gasteiger partial charge in [0.1, 0.15) is 18.1 Å². The highest BCUT2D eigenvalue weighted by molar-refractivity contribution is 6.02. The van der Waals surface area contributed by atoms with Crippen molar-refractivity contribution >= 4 is 11.8 Å². The molecule has 0 atom stereocenters. The molecule has 8 heteroatoms. The largest absolute Gasteiger partial charge is 0.497 e. The lowest BCUT2D eigenvalue weighted by Crippen LogP contribution is -2.48. The van der Waals surface area contributed by atoms with Gasteiger partial charge in [-0.2, -0.15) is 0 Å². The van der Waals surface area contributed by atoms with Crippen molar-refractivity contribution in [2.75, 3.05) is 59.6 Å². The van der Waals surface area contributed by atoms with Gasteiger partial charge in [0.2, 0.25) is 0 Å². The number of ether oxygens (including phenoxy) is 3. The van der Waals surface area contributed by atoms with E-state index >= 15 is 0 Å². The average Bonchev–Trinajstić information content (AvgIpc) is 3.09. The Balaban J connectivity index is 1.44. The number of hydrogen-bond donors (Lipinski definition) is 1. The first kappa shape index (κ1) is 23.8. The molecule has 2 heterocycles. The van der Waals surface area contributed by atoms with E-state index in [2.05, 4.69) is 14.8 Å². The molecular formula is C24H33N3O5. The molecular weight excluding hydrogens is 410 g/mol. The summed E-state index contributed by atoms with van der Waals surface area (Å²) in [7, 11) is 1.64. The number of ketones is 1. The number of hydrogen-bond acceptors (Lipinski definition) is 7. The highest BCUT2D eigenvalue weighted by Gasteiger charge is 2.25. The van der Waals surface area contributed by atoms with Crippen molar-refractivity contribution in [2.24, 2.45) is 0 Å². The van der Waals surface area contributed by atoms with E-state index in [9.17, 15) is 9.59 Å². The van der Waals surface area contributed by atoms with Crippen LogP contribution in [-0.4, -0.2) is 86.1 Å². The van der Waals surface area contributed by atoms with Crippen LogP contribution in [0.2, 0.25) is 0 Å². The van der Waals surface area contributed by atoms with Crippen LogP contribution >= 0.6 is 0 Å². The van der Waals surface area contributed by atoms with Crippen molar-refractivity contribution in [1.29, 1.82) is 0 Å². The first-order valence-electron chi connectivity index (χ1n) is 11.0. The second kappa shape index (κ2) is 11.2. The van der Waals surface area contributed by atoms with Crippen LogP contribution in [-0.2, 0) is 4.74 Å². The summed E-state index contributed by atoms with van der Waals surface area (Å²) in [5, 5.41) is 0. The monoisotopic (exact) mass is 443 g/mol. The molecule has 1 saturated heterocycles. The average molecular weight is 444 g/mol. The molecule has 1 aliphatic heterocycles. The molecule has 1 fully saturated rings. The number of nitrogens with zero attached hydrogens (tertiary/aromatic N) is 2. The lowest BCUT2D eigenvalue weighted by atomic mass is 10.1. The van der Waals surface area contributed by atoms with Crippen molar-refractivity contribution in [3.63, 3.8) is 0 Å². The van der Waals surface area contributed by atoms with E-state index in [1.54, 1.807) is 27.9 Å². The number of aromatic nitrogens is 1. The quantitative estimate of drug-likeness (QED) is 0.446. The van der Waals surface area contributed by atoms with Gasteiger partial charge in [-0.3, -0.25) is 14.6 Å². The molecule has 3 rings (SSSR count). The molecule has 0 bridgehead atoms. The number of esters is 1. The lowest BCUT2D eigenvalue weighted by molar-refractivity contribution is 0.0525. The van der Waals surface area contributed by atoms with Gasteiger partial charge >= 0.3 is 5.97 Å². The molecule has 8 nitrogen and oxygen atoms in total.